The van der Waals surface area contributed by atoms with Crippen molar-refractivity contribution >= 4 is 28.3 Å². The minimum Gasteiger partial charge on any atom is -0.398 e. The van der Waals surface area contributed by atoms with Crippen molar-refractivity contribution in [3.05, 3.63) is 64.7 Å². The number of anilines is 1. The van der Waals surface area contributed by atoms with Crippen LogP contribution in [0.3, 0.4) is 0 Å². The lowest BCUT2D eigenvalue weighted by atomic mass is 10.0. The summed E-state index contributed by atoms with van der Waals surface area (Å²) < 4.78 is 0. The average molecular weight is 299 g/mol. The molecule has 0 amide bonds. The fourth-order valence-corrected chi connectivity index (χ4v) is 2.86. The average Bonchev–Trinajstić information content (AvgIpc) is 2.45. The van der Waals surface area contributed by atoms with Gasteiger partial charge in [0, 0.05) is 11.3 Å². The smallest absolute Gasteiger partial charge is 0.221 e. The molecule has 0 aromatic heterocycles. The van der Waals surface area contributed by atoms with Crippen LogP contribution in [0.2, 0.25) is 0 Å². The zero-order valence-corrected chi connectivity index (χ0v) is 12.9. The van der Waals surface area contributed by atoms with E-state index >= 15 is 0 Å². The van der Waals surface area contributed by atoms with Crippen LogP contribution in [0.4, 0.5) is 5.69 Å². The van der Waals surface area contributed by atoms with E-state index < -0.39 is 0 Å². The Balaban J connectivity index is 2.04. The minimum atomic E-state index is -0.175. The van der Waals surface area contributed by atoms with Crippen LogP contribution in [0.25, 0.3) is 0 Å². The summed E-state index contributed by atoms with van der Waals surface area (Å²) in [6, 6.07) is 12.6. The van der Waals surface area contributed by atoms with Gasteiger partial charge in [0.25, 0.3) is 0 Å². The molecule has 0 bridgehead atoms. The fourth-order valence-electron chi connectivity index (χ4n) is 2.10. The number of nitrogen functional groups attached to an aromatic ring is 1. The molecule has 0 saturated carbocycles. The van der Waals surface area contributed by atoms with Gasteiger partial charge in [-0.3, -0.25) is 9.59 Å². The zero-order valence-electron chi connectivity index (χ0n) is 12.1. The third kappa shape index (κ3) is 3.73. The molecule has 2 rings (SSSR count). The Morgan fingerprint density at radius 1 is 1.05 bits per heavy atom. The highest BCUT2D eigenvalue weighted by Gasteiger charge is 2.14. The van der Waals surface area contributed by atoms with Crippen LogP contribution >= 0.6 is 11.8 Å². The van der Waals surface area contributed by atoms with E-state index in [2.05, 4.69) is 0 Å². The highest BCUT2D eigenvalue weighted by atomic mass is 32.2. The summed E-state index contributed by atoms with van der Waals surface area (Å²) in [6.45, 7) is 3.89. The number of hydrogen-bond donors (Lipinski definition) is 1. The van der Waals surface area contributed by atoms with Crippen LogP contribution in [0.15, 0.2) is 42.5 Å². The number of thioether (sulfide) groups is 1. The summed E-state index contributed by atoms with van der Waals surface area (Å²) in [4.78, 5) is 24.3. The maximum Gasteiger partial charge on any atom is 0.221 e. The van der Waals surface area contributed by atoms with E-state index in [-0.39, 0.29) is 16.7 Å². The molecule has 0 spiro atoms. The van der Waals surface area contributed by atoms with Crippen molar-refractivity contribution in [1.82, 2.24) is 0 Å². The van der Waals surface area contributed by atoms with E-state index in [1.54, 1.807) is 24.3 Å². The Morgan fingerprint density at radius 2 is 1.76 bits per heavy atom. The molecule has 0 aliphatic heterocycles. The van der Waals surface area contributed by atoms with Crippen molar-refractivity contribution in [2.24, 2.45) is 0 Å². The van der Waals surface area contributed by atoms with E-state index in [0.29, 0.717) is 16.8 Å². The first-order valence-electron chi connectivity index (χ1n) is 6.61. The van der Waals surface area contributed by atoms with Crippen LogP contribution in [0, 0.1) is 13.8 Å². The number of para-hydroxylation sites is 1. The molecular weight excluding hydrogens is 282 g/mol. The third-order valence-electron chi connectivity index (χ3n) is 3.20. The number of aryl methyl sites for hydroxylation is 2. The van der Waals surface area contributed by atoms with Gasteiger partial charge in [-0.25, -0.2) is 0 Å². The highest BCUT2D eigenvalue weighted by Crippen LogP contribution is 2.20. The van der Waals surface area contributed by atoms with Crippen molar-refractivity contribution in [3.63, 3.8) is 0 Å². The van der Waals surface area contributed by atoms with E-state index in [4.69, 9.17) is 5.73 Å². The van der Waals surface area contributed by atoms with E-state index in [1.165, 1.54) is 0 Å². The molecule has 21 heavy (non-hydrogen) atoms. The van der Waals surface area contributed by atoms with Crippen LogP contribution in [-0.4, -0.2) is 16.7 Å². The maximum absolute atomic E-state index is 12.2. The van der Waals surface area contributed by atoms with Crippen LogP contribution in [0.5, 0.6) is 0 Å². The van der Waals surface area contributed by atoms with Crippen molar-refractivity contribution in [2.45, 2.75) is 13.8 Å². The monoisotopic (exact) mass is 299 g/mol. The van der Waals surface area contributed by atoms with Gasteiger partial charge in [-0.2, -0.15) is 0 Å². The number of benzene rings is 2. The fraction of sp³-hybridized carbons (Fsp3) is 0.176. The van der Waals surface area contributed by atoms with Gasteiger partial charge in [0.05, 0.1) is 11.3 Å². The molecule has 2 N–H and O–H groups in total. The predicted molar refractivity (Wildman–Crippen MR) is 87.9 cm³/mol. The standard InChI is InChI=1S/C17H17NO2S/c1-11-7-8-13(12(2)9-11)16(19)10-21-17(20)14-5-3-4-6-15(14)18/h3-9H,10,18H2,1-2H3. The maximum atomic E-state index is 12.2. The predicted octanol–water partition coefficient (Wildman–Crippen LogP) is 3.64. The number of hydrogen-bond acceptors (Lipinski definition) is 4. The number of rotatable bonds is 4. The van der Waals surface area contributed by atoms with Crippen molar-refractivity contribution < 1.29 is 9.59 Å². The van der Waals surface area contributed by atoms with Gasteiger partial charge in [0.15, 0.2) is 5.78 Å². The van der Waals surface area contributed by atoms with Gasteiger partial charge in [-0.1, -0.05) is 47.7 Å². The molecule has 0 aliphatic carbocycles. The van der Waals surface area contributed by atoms with Crippen LogP contribution in [0.1, 0.15) is 31.8 Å². The summed E-state index contributed by atoms with van der Waals surface area (Å²) in [5.74, 6) is 0.0808. The van der Waals surface area contributed by atoms with Crippen molar-refractivity contribution in [2.75, 3.05) is 11.5 Å². The lowest BCUT2D eigenvalue weighted by molar-refractivity contribution is 0.101. The second kappa shape index (κ2) is 6.59. The topological polar surface area (TPSA) is 60.2 Å². The first-order chi connectivity index (χ1) is 9.99. The Bertz CT molecular complexity index is 695. The molecule has 0 atom stereocenters. The Morgan fingerprint density at radius 3 is 2.43 bits per heavy atom. The van der Waals surface area contributed by atoms with Gasteiger partial charge in [-0.05, 0) is 31.5 Å². The third-order valence-corrected chi connectivity index (χ3v) is 4.09. The lowest BCUT2D eigenvalue weighted by Gasteiger charge is -2.06. The number of nitrogens with two attached hydrogens (primary N) is 1. The lowest BCUT2D eigenvalue weighted by Crippen LogP contribution is -2.08. The summed E-state index contributed by atoms with van der Waals surface area (Å²) in [5.41, 5.74) is 9.38. The van der Waals surface area contributed by atoms with Crippen LogP contribution in [-0.2, 0) is 0 Å². The summed E-state index contributed by atoms with van der Waals surface area (Å²) >= 11 is 0.991. The van der Waals surface area contributed by atoms with Gasteiger partial charge in [0.2, 0.25) is 5.12 Å². The van der Waals surface area contributed by atoms with Crippen molar-refractivity contribution in [1.29, 1.82) is 0 Å². The van der Waals surface area contributed by atoms with E-state index in [0.717, 1.165) is 22.9 Å². The van der Waals surface area contributed by atoms with Crippen molar-refractivity contribution in [3.8, 4) is 0 Å². The molecule has 2 aromatic carbocycles. The Kier molecular flexibility index (Phi) is 4.81. The second-order valence-electron chi connectivity index (χ2n) is 4.90. The minimum absolute atomic E-state index is 0.0413. The Hall–Kier alpha value is -2.07. The normalized spacial score (nSPS) is 10.4. The first kappa shape index (κ1) is 15.3. The van der Waals surface area contributed by atoms with Gasteiger partial charge in [0.1, 0.15) is 0 Å². The summed E-state index contributed by atoms with van der Waals surface area (Å²) in [6.07, 6.45) is 0. The molecule has 108 valence electrons. The molecule has 0 heterocycles. The van der Waals surface area contributed by atoms with Gasteiger partial charge < -0.3 is 5.73 Å². The summed E-state index contributed by atoms with van der Waals surface area (Å²) in [5, 5.41) is -0.175. The highest BCUT2D eigenvalue weighted by molar-refractivity contribution is 8.14. The molecule has 4 heteroatoms. The van der Waals surface area contributed by atoms with E-state index in [1.807, 2.05) is 32.0 Å². The summed E-state index contributed by atoms with van der Waals surface area (Å²) in [7, 11) is 0. The molecule has 2 aromatic rings. The molecule has 0 fully saturated rings. The zero-order chi connectivity index (χ0) is 15.4. The van der Waals surface area contributed by atoms with Gasteiger partial charge >= 0.3 is 0 Å². The largest absolute Gasteiger partial charge is 0.398 e. The quantitative estimate of drug-likeness (QED) is 0.691. The van der Waals surface area contributed by atoms with Crippen LogP contribution < -0.4 is 5.73 Å². The molecule has 3 nitrogen and oxygen atoms in total. The van der Waals surface area contributed by atoms with E-state index in [9.17, 15) is 9.59 Å². The number of ketones is 1. The molecule has 0 unspecified atom stereocenters. The molecule has 0 aliphatic rings. The number of carbonyl (C=O) groups is 2. The number of carbonyl (C=O) groups excluding carboxylic acids is 2. The molecular formula is C17H17NO2S. The first-order valence-corrected chi connectivity index (χ1v) is 7.59. The van der Waals surface area contributed by atoms with Gasteiger partial charge in [-0.15, -0.1) is 0 Å². The number of Topliss-reactive ketones (excluding diaryl/α,β-unsaturated/α-hetero) is 1. The Labute approximate surface area is 128 Å². The molecule has 0 saturated heterocycles. The molecule has 0 radical (unpaired) electrons. The SMILES string of the molecule is Cc1ccc(C(=O)CSC(=O)c2ccccc2N)c(C)c1. The second-order valence-corrected chi connectivity index (χ2v) is 5.85.